The Bertz CT molecular complexity index is 668. The van der Waals surface area contributed by atoms with Gasteiger partial charge in [0.1, 0.15) is 11.3 Å². The van der Waals surface area contributed by atoms with Crippen LogP contribution in [0.5, 0.6) is 0 Å². The quantitative estimate of drug-likeness (QED) is 0.848. The first-order valence-electron chi connectivity index (χ1n) is 7.80. The summed E-state index contributed by atoms with van der Waals surface area (Å²) >= 11 is 0. The number of hydrogen-bond acceptors (Lipinski definition) is 2. The molecule has 1 saturated carbocycles. The number of hydrogen-bond donors (Lipinski definition) is 0. The first kappa shape index (κ1) is 14.1. The van der Waals surface area contributed by atoms with Crippen molar-refractivity contribution < 1.29 is 4.79 Å². The van der Waals surface area contributed by atoms with Gasteiger partial charge in [0.05, 0.1) is 5.69 Å². The van der Waals surface area contributed by atoms with Gasteiger partial charge in [-0.25, -0.2) is 4.98 Å². The third kappa shape index (κ3) is 2.55. The number of carbonyl (C=O) groups excluding carboxylic acids is 1. The summed E-state index contributed by atoms with van der Waals surface area (Å²) in [5.74, 6) is 0.0949. The predicted octanol–water partition coefficient (Wildman–Crippen LogP) is 3.36. The van der Waals surface area contributed by atoms with E-state index in [1.165, 1.54) is 19.3 Å². The largest absolute Gasteiger partial charge is 0.337 e. The molecule has 21 heavy (non-hydrogen) atoms. The molecule has 0 aliphatic heterocycles. The molecule has 0 aromatic carbocycles. The van der Waals surface area contributed by atoms with Gasteiger partial charge in [-0.05, 0) is 38.3 Å². The van der Waals surface area contributed by atoms with Gasteiger partial charge in [0.25, 0.3) is 5.91 Å². The van der Waals surface area contributed by atoms with E-state index in [2.05, 4.69) is 4.98 Å². The van der Waals surface area contributed by atoms with Gasteiger partial charge < -0.3 is 4.90 Å². The highest BCUT2D eigenvalue weighted by Crippen LogP contribution is 2.24. The van der Waals surface area contributed by atoms with Gasteiger partial charge in [-0.15, -0.1) is 0 Å². The van der Waals surface area contributed by atoms with Crippen LogP contribution in [0.4, 0.5) is 0 Å². The topological polar surface area (TPSA) is 37.6 Å². The lowest BCUT2D eigenvalue weighted by molar-refractivity contribution is 0.0688. The van der Waals surface area contributed by atoms with E-state index in [9.17, 15) is 4.79 Å². The summed E-state index contributed by atoms with van der Waals surface area (Å²) < 4.78 is 1.94. The van der Waals surface area contributed by atoms with E-state index in [0.29, 0.717) is 11.7 Å². The number of aryl methyl sites for hydroxylation is 2. The van der Waals surface area contributed by atoms with Crippen molar-refractivity contribution in [3.63, 3.8) is 0 Å². The molecular formula is C17H23N3O. The molecule has 0 radical (unpaired) electrons. The van der Waals surface area contributed by atoms with Crippen LogP contribution in [-0.4, -0.2) is 33.3 Å². The Balaban J connectivity index is 1.96. The molecule has 1 aliphatic rings. The molecule has 0 bridgehead atoms. The van der Waals surface area contributed by atoms with Crippen molar-refractivity contribution in [3.05, 3.63) is 35.3 Å². The van der Waals surface area contributed by atoms with Crippen LogP contribution in [0.3, 0.4) is 0 Å². The first-order chi connectivity index (χ1) is 10.1. The minimum atomic E-state index is 0.0949. The summed E-state index contributed by atoms with van der Waals surface area (Å²) in [6, 6.07) is 4.38. The Hall–Kier alpha value is -1.84. The Morgan fingerprint density at radius 3 is 2.67 bits per heavy atom. The molecule has 2 aromatic heterocycles. The highest BCUT2D eigenvalue weighted by atomic mass is 16.2. The van der Waals surface area contributed by atoms with Gasteiger partial charge in [0.15, 0.2) is 0 Å². The molecule has 0 atom stereocenters. The molecule has 2 aromatic rings. The van der Waals surface area contributed by atoms with E-state index < -0.39 is 0 Å². The Kier molecular flexibility index (Phi) is 3.70. The number of carbonyl (C=O) groups is 1. The number of aromatic nitrogens is 2. The lowest BCUT2D eigenvalue weighted by atomic mass is 9.94. The van der Waals surface area contributed by atoms with Gasteiger partial charge in [-0.3, -0.25) is 9.20 Å². The lowest BCUT2D eigenvalue weighted by Gasteiger charge is -2.31. The van der Waals surface area contributed by atoms with E-state index in [1.54, 1.807) is 0 Å². The minimum Gasteiger partial charge on any atom is -0.337 e. The van der Waals surface area contributed by atoms with Crippen LogP contribution in [0, 0.1) is 13.8 Å². The van der Waals surface area contributed by atoms with Gasteiger partial charge in [-0.1, -0.05) is 25.3 Å². The Morgan fingerprint density at radius 2 is 1.95 bits per heavy atom. The lowest BCUT2D eigenvalue weighted by Crippen LogP contribution is -2.39. The van der Waals surface area contributed by atoms with Crippen molar-refractivity contribution in [2.75, 3.05) is 7.05 Å². The van der Waals surface area contributed by atoms with Crippen molar-refractivity contribution in [1.82, 2.24) is 14.3 Å². The molecule has 0 spiro atoms. The highest BCUT2D eigenvalue weighted by molar-refractivity contribution is 5.94. The zero-order chi connectivity index (χ0) is 15.0. The third-order valence-electron chi connectivity index (χ3n) is 4.59. The summed E-state index contributed by atoms with van der Waals surface area (Å²) in [4.78, 5) is 19.4. The minimum absolute atomic E-state index is 0.0949. The second-order valence-electron chi connectivity index (χ2n) is 6.19. The van der Waals surface area contributed by atoms with Crippen LogP contribution in [0.15, 0.2) is 18.3 Å². The van der Waals surface area contributed by atoms with Crippen molar-refractivity contribution in [3.8, 4) is 0 Å². The van der Waals surface area contributed by atoms with E-state index in [-0.39, 0.29) is 5.91 Å². The van der Waals surface area contributed by atoms with E-state index >= 15 is 0 Å². The van der Waals surface area contributed by atoms with Crippen molar-refractivity contribution in [2.24, 2.45) is 0 Å². The second-order valence-corrected chi connectivity index (χ2v) is 6.19. The van der Waals surface area contributed by atoms with E-state index in [0.717, 1.165) is 29.7 Å². The third-order valence-corrected chi connectivity index (χ3v) is 4.59. The van der Waals surface area contributed by atoms with Gasteiger partial charge >= 0.3 is 0 Å². The fraction of sp³-hybridized carbons (Fsp3) is 0.529. The van der Waals surface area contributed by atoms with Crippen molar-refractivity contribution >= 4 is 11.6 Å². The molecule has 112 valence electrons. The van der Waals surface area contributed by atoms with Crippen LogP contribution >= 0.6 is 0 Å². The monoisotopic (exact) mass is 285 g/mol. The molecule has 0 saturated heterocycles. The Labute approximate surface area is 125 Å². The maximum Gasteiger partial charge on any atom is 0.272 e. The number of nitrogens with zero attached hydrogens (tertiary/aromatic N) is 3. The number of fused-ring (bicyclic) bond motifs is 1. The number of rotatable bonds is 2. The van der Waals surface area contributed by atoms with E-state index in [1.807, 2.05) is 48.5 Å². The average molecular weight is 285 g/mol. The SMILES string of the molecule is Cc1ccc2nc(C)c(C(=O)N(C)C3CCCCC3)n2c1. The van der Waals surface area contributed by atoms with Crippen LogP contribution in [-0.2, 0) is 0 Å². The molecular weight excluding hydrogens is 262 g/mol. The predicted molar refractivity (Wildman–Crippen MR) is 83.6 cm³/mol. The molecule has 2 heterocycles. The smallest absolute Gasteiger partial charge is 0.272 e. The summed E-state index contributed by atoms with van der Waals surface area (Å²) in [6.07, 6.45) is 8.00. The zero-order valence-corrected chi connectivity index (χ0v) is 13.1. The number of imidazole rings is 1. The molecule has 4 heteroatoms. The van der Waals surface area contributed by atoms with Gasteiger partial charge in [0.2, 0.25) is 0 Å². The molecule has 4 nitrogen and oxygen atoms in total. The molecule has 1 fully saturated rings. The summed E-state index contributed by atoms with van der Waals surface area (Å²) in [5, 5.41) is 0. The van der Waals surface area contributed by atoms with Crippen molar-refractivity contribution in [2.45, 2.75) is 52.0 Å². The molecule has 3 rings (SSSR count). The number of pyridine rings is 1. The normalized spacial score (nSPS) is 16.3. The van der Waals surface area contributed by atoms with Crippen LogP contribution in [0.1, 0.15) is 53.8 Å². The molecule has 1 amide bonds. The fourth-order valence-electron chi connectivity index (χ4n) is 3.33. The summed E-state index contributed by atoms with van der Waals surface area (Å²) in [6.45, 7) is 3.96. The maximum atomic E-state index is 12.9. The molecule has 1 aliphatic carbocycles. The van der Waals surface area contributed by atoms with E-state index in [4.69, 9.17) is 0 Å². The van der Waals surface area contributed by atoms with Crippen LogP contribution in [0.2, 0.25) is 0 Å². The van der Waals surface area contributed by atoms with Crippen LogP contribution in [0.25, 0.3) is 5.65 Å². The highest BCUT2D eigenvalue weighted by Gasteiger charge is 2.26. The van der Waals surface area contributed by atoms with Gasteiger partial charge in [0, 0.05) is 19.3 Å². The first-order valence-corrected chi connectivity index (χ1v) is 7.80. The zero-order valence-electron chi connectivity index (χ0n) is 13.1. The average Bonchev–Trinajstić information content (AvgIpc) is 2.82. The maximum absolute atomic E-state index is 12.9. The standard InChI is InChI=1S/C17H23N3O/c1-12-9-10-15-18-13(2)16(20(15)11-12)17(21)19(3)14-7-5-4-6-8-14/h9-11,14H,4-8H2,1-3H3. The van der Waals surface area contributed by atoms with Gasteiger partial charge in [-0.2, -0.15) is 0 Å². The second kappa shape index (κ2) is 5.51. The molecule has 0 N–H and O–H groups in total. The summed E-state index contributed by atoms with van der Waals surface area (Å²) in [7, 11) is 1.94. The van der Waals surface area contributed by atoms with Crippen molar-refractivity contribution in [1.29, 1.82) is 0 Å². The number of amides is 1. The summed E-state index contributed by atoms with van der Waals surface area (Å²) in [5.41, 5.74) is 3.50. The van der Waals surface area contributed by atoms with Crippen LogP contribution < -0.4 is 0 Å². The fourth-order valence-corrected chi connectivity index (χ4v) is 3.33. The molecule has 0 unspecified atom stereocenters. The Morgan fingerprint density at radius 1 is 1.24 bits per heavy atom.